The maximum atomic E-state index is 6.58. The summed E-state index contributed by atoms with van der Waals surface area (Å²) in [6.07, 6.45) is 7.52. The van der Waals surface area contributed by atoms with Crippen molar-refractivity contribution in [2.75, 3.05) is 12.4 Å². The number of anilines is 1. The molecular weight excluding hydrogens is 563 g/mol. The third-order valence-corrected chi connectivity index (χ3v) is 8.39. The SMILES string of the molecule is COc1cc(C=Nc2ccc([C@@H]3Nc4ccccc4[C@H]4C=CC[C@@H]43)cc2)cc(Cl)c1OCc1ccc(Cl)cc1Cl. The van der Waals surface area contributed by atoms with Gasteiger partial charge in [0.2, 0.25) is 0 Å². The van der Waals surface area contributed by atoms with Crippen molar-refractivity contribution in [2.45, 2.75) is 25.0 Å². The van der Waals surface area contributed by atoms with Crippen LogP contribution in [0.4, 0.5) is 11.4 Å². The number of ether oxygens (including phenoxy) is 2. The van der Waals surface area contributed by atoms with Crippen LogP contribution < -0.4 is 14.8 Å². The number of benzene rings is 4. The first-order valence-electron chi connectivity index (χ1n) is 13.1. The number of nitrogens with one attached hydrogen (secondary N) is 1. The quantitative estimate of drug-likeness (QED) is 0.172. The van der Waals surface area contributed by atoms with Gasteiger partial charge in [0.15, 0.2) is 11.5 Å². The average Bonchev–Trinajstić information content (AvgIpc) is 3.46. The van der Waals surface area contributed by atoms with Crippen molar-refractivity contribution in [1.82, 2.24) is 0 Å². The summed E-state index contributed by atoms with van der Waals surface area (Å²) >= 11 is 18.9. The Morgan fingerprint density at radius 2 is 1.77 bits per heavy atom. The molecule has 7 heteroatoms. The summed E-state index contributed by atoms with van der Waals surface area (Å²) < 4.78 is 11.5. The van der Waals surface area contributed by atoms with Crippen molar-refractivity contribution in [1.29, 1.82) is 0 Å². The second-order valence-corrected chi connectivity index (χ2v) is 11.2. The first-order valence-corrected chi connectivity index (χ1v) is 14.2. The number of rotatable bonds is 7. The molecule has 4 aromatic carbocycles. The average molecular weight is 590 g/mol. The zero-order chi connectivity index (χ0) is 27.6. The van der Waals surface area contributed by atoms with E-state index in [1.165, 1.54) is 16.8 Å². The van der Waals surface area contributed by atoms with E-state index < -0.39 is 0 Å². The summed E-state index contributed by atoms with van der Waals surface area (Å²) in [6.45, 7) is 0.227. The van der Waals surface area contributed by atoms with Gasteiger partial charge in [-0.1, -0.05) is 83.4 Å². The van der Waals surface area contributed by atoms with E-state index in [0.717, 1.165) is 23.2 Å². The Morgan fingerprint density at radius 1 is 0.950 bits per heavy atom. The third kappa shape index (κ3) is 5.44. The van der Waals surface area contributed by atoms with Crippen LogP contribution in [0.2, 0.25) is 15.1 Å². The van der Waals surface area contributed by atoms with Crippen molar-refractivity contribution in [2.24, 2.45) is 10.9 Å². The van der Waals surface area contributed by atoms with Gasteiger partial charge in [-0.25, -0.2) is 0 Å². The predicted molar refractivity (Wildman–Crippen MR) is 165 cm³/mol. The summed E-state index contributed by atoms with van der Waals surface area (Å²) in [5.41, 5.74) is 6.32. The van der Waals surface area contributed by atoms with Crippen molar-refractivity contribution in [3.05, 3.63) is 128 Å². The molecule has 0 fully saturated rings. The number of aliphatic imine (C=N–C) groups is 1. The van der Waals surface area contributed by atoms with E-state index in [1.807, 2.05) is 12.1 Å². The van der Waals surface area contributed by atoms with Gasteiger partial charge in [-0.15, -0.1) is 0 Å². The molecule has 0 saturated heterocycles. The van der Waals surface area contributed by atoms with E-state index in [9.17, 15) is 0 Å². The van der Waals surface area contributed by atoms with Crippen molar-refractivity contribution in [3.63, 3.8) is 0 Å². The highest BCUT2D eigenvalue weighted by Gasteiger charge is 2.37. The van der Waals surface area contributed by atoms with Crippen molar-refractivity contribution in [3.8, 4) is 11.5 Å². The zero-order valence-electron chi connectivity index (χ0n) is 21.8. The Bertz CT molecular complexity index is 1600. The van der Waals surface area contributed by atoms with Crippen LogP contribution in [-0.2, 0) is 6.61 Å². The van der Waals surface area contributed by atoms with Gasteiger partial charge in [0, 0.05) is 33.4 Å². The van der Waals surface area contributed by atoms with Gasteiger partial charge < -0.3 is 14.8 Å². The lowest BCUT2D eigenvalue weighted by molar-refractivity contribution is 0.285. The molecule has 40 heavy (non-hydrogen) atoms. The topological polar surface area (TPSA) is 42.8 Å². The molecule has 0 amide bonds. The minimum atomic E-state index is 0.227. The minimum absolute atomic E-state index is 0.227. The van der Waals surface area contributed by atoms with E-state index in [0.29, 0.717) is 38.4 Å². The summed E-state index contributed by atoms with van der Waals surface area (Å²) in [5.74, 6) is 1.92. The number of fused-ring (bicyclic) bond motifs is 3. The lowest BCUT2D eigenvalue weighted by Gasteiger charge is -2.37. The van der Waals surface area contributed by atoms with Crippen LogP contribution >= 0.6 is 34.8 Å². The lowest BCUT2D eigenvalue weighted by atomic mass is 9.77. The van der Waals surface area contributed by atoms with Crippen molar-refractivity contribution < 1.29 is 9.47 Å². The molecule has 0 bridgehead atoms. The van der Waals surface area contributed by atoms with E-state index in [2.05, 4.69) is 71.0 Å². The number of nitrogens with zero attached hydrogens (tertiary/aromatic N) is 1. The summed E-state index contributed by atoms with van der Waals surface area (Å²) in [6, 6.07) is 26.2. The largest absolute Gasteiger partial charge is 0.493 e. The van der Waals surface area contributed by atoms with Crippen LogP contribution in [0, 0.1) is 5.92 Å². The molecule has 0 aromatic heterocycles. The summed E-state index contributed by atoms with van der Waals surface area (Å²) in [4.78, 5) is 4.68. The van der Waals surface area contributed by atoms with Gasteiger partial charge in [0.1, 0.15) is 6.61 Å². The fourth-order valence-corrected chi connectivity index (χ4v) is 6.27. The first-order chi connectivity index (χ1) is 19.5. The second-order valence-electron chi connectivity index (χ2n) is 9.97. The Balaban J connectivity index is 1.17. The van der Waals surface area contributed by atoms with E-state index in [-0.39, 0.29) is 12.6 Å². The van der Waals surface area contributed by atoms with Crippen LogP contribution in [0.25, 0.3) is 0 Å². The third-order valence-electron chi connectivity index (χ3n) is 7.53. The van der Waals surface area contributed by atoms with Crippen LogP contribution in [-0.4, -0.2) is 13.3 Å². The molecule has 1 N–H and O–H groups in total. The zero-order valence-corrected chi connectivity index (χ0v) is 24.0. The number of hydrogen-bond donors (Lipinski definition) is 1. The van der Waals surface area contributed by atoms with E-state index in [4.69, 9.17) is 44.3 Å². The first kappa shape index (κ1) is 26.8. The molecule has 202 valence electrons. The normalized spacial score (nSPS) is 19.2. The van der Waals surface area contributed by atoms with Crippen molar-refractivity contribution >= 4 is 52.4 Å². The highest BCUT2D eigenvalue weighted by molar-refractivity contribution is 6.35. The van der Waals surface area contributed by atoms with Crippen LogP contribution in [0.15, 0.2) is 96.0 Å². The van der Waals surface area contributed by atoms with E-state index in [1.54, 1.807) is 31.5 Å². The Morgan fingerprint density at radius 3 is 2.58 bits per heavy atom. The molecule has 4 aromatic rings. The van der Waals surface area contributed by atoms with Crippen LogP contribution in [0.3, 0.4) is 0 Å². The Labute approximate surface area is 249 Å². The monoisotopic (exact) mass is 588 g/mol. The van der Waals surface area contributed by atoms with Gasteiger partial charge in [0.25, 0.3) is 0 Å². The number of para-hydroxylation sites is 1. The molecule has 1 aliphatic heterocycles. The smallest absolute Gasteiger partial charge is 0.180 e. The molecule has 6 rings (SSSR count). The molecule has 3 atom stereocenters. The molecule has 1 heterocycles. The molecule has 0 saturated carbocycles. The van der Waals surface area contributed by atoms with Gasteiger partial charge in [0.05, 0.1) is 23.9 Å². The second kappa shape index (κ2) is 11.6. The minimum Gasteiger partial charge on any atom is -0.493 e. The molecule has 0 unspecified atom stereocenters. The molecule has 0 radical (unpaired) electrons. The Hall–Kier alpha value is -3.44. The number of methoxy groups -OCH3 is 1. The van der Waals surface area contributed by atoms with Gasteiger partial charge in [-0.05, 0) is 71.5 Å². The predicted octanol–water partition coefficient (Wildman–Crippen LogP) is 9.81. The van der Waals surface area contributed by atoms with Crippen LogP contribution in [0.5, 0.6) is 11.5 Å². The number of allylic oxidation sites excluding steroid dienone is 2. The lowest BCUT2D eigenvalue weighted by Crippen LogP contribution is -2.28. The molecule has 0 spiro atoms. The highest BCUT2D eigenvalue weighted by Crippen LogP contribution is 2.49. The summed E-state index contributed by atoms with van der Waals surface area (Å²) in [5, 5.41) is 5.30. The fourth-order valence-electron chi connectivity index (χ4n) is 5.53. The van der Waals surface area contributed by atoms with Gasteiger partial charge in [-0.3, -0.25) is 4.99 Å². The Kier molecular flexibility index (Phi) is 7.75. The van der Waals surface area contributed by atoms with Crippen LogP contribution in [0.1, 0.15) is 40.6 Å². The maximum Gasteiger partial charge on any atom is 0.180 e. The maximum absolute atomic E-state index is 6.58. The number of halogens is 3. The molecule has 2 aliphatic rings. The van der Waals surface area contributed by atoms with Gasteiger partial charge in [-0.2, -0.15) is 0 Å². The number of hydrogen-bond acceptors (Lipinski definition) is 4. The fraction of sp³-hybridized carbons (Fsp3) is 0.182. The van der Waals surface area contributed by atoms with E-state index >= 15 is 0 Å². The molecule has 1 aliphatic carbocycles. The summed E-state index contributed by atoms with van der Waals surface area (Å²) in [7, 11) is 1.58. The van der Waals surface area contributed by atoms with Gasteiger partial charge >= 0.3 is 0 Å². The molecular formula is C33H27Cl3N2O2. The molecule has 4 nitrogen and oxygen atoms in total. The highest BCUT2D eigenvalue weighted by atomic mass is 35.5. The standard InChI is InChI=1S/C33H27Cl3N2O2/c1-39-31-16-20(15-29(36)33(31)40-19-22-9-12-23(34)17-28(22)35)18-37-24-13-10-21(11-14-24)32-27-7-4-6-25(27)26-5-2-3-8-30(26)38-32/h2-6,8-18,25,27,32,38H,7,19H2,1H3/t25-,27+,32+/m1/s1.